The zero-order chi connectivity index (χ0) is 17.7. The third-order valence-corrected chi connectivity index (χ3v) is 3.62. The lowest BCUT2D eigenvalue weighted by Gasteiger charge is -2.14. The molecule has 0 saturated carbocycles. The Labute approximate surface area is 138 Å². The number of nitrogens with one attached hydrogen (secondary N) is 1. The third kappa shape index (κ3) is 4.28. The highest BCUT2D eigenvalue weighted by Gasteiger charge is 2.17. The van der Waals surface area contributed by atoms with Crippen molar-refractivity contribution in [3.8, 4) is 5.75 Å². The van der Waals surface area contributed by atoms with Crippen LogP contribution in [0.5, 0.6) is 5.75 Å². The second-order valence-corrected chi connectivity index (χ2v) is 5.36. The molecule has 0 aromatic heterocycles. The van der Waals surface area contributed by atoms with Crippen LogP contribution in [0.15, 0.2) is 36.4 Å². The Hall–Kier alpha value is -2.50. The predicted molar refractivity (Wildman–Crippen MR) is 84.6 cm³/mol. The van der Waals surface area contributed by atoms with Crippen molar-refractivity contribution in [2.75, 3.05) is 7.05 Å². The summed E-state index contributed by atoms with van der Waals surface area (Å²) < 4.78 is 45.7. The molecule has 128 valence electrons. The fraction of sp³-hybridized carbons (Fsp3) is 0.278. The molecule has 0 heterocycles. The number of ether oxygens (including phenoxy) is 1. The minimum atomic E-state index is -2.69. The minimum Gasteiger partial charge on any atom is -0.488 e. The summed E-state index contributed by atoms with van der Waals surface area (Å²) >= 11 is 0. The molecule has 1 N–H and O–H groups in total. The molecule has 0 aliphatic carbocycles. The van der Waals surface area contributed by atoms with Crippen LogP contribution in [0.1, 0.15) is 28.7 Å². The van der Waals surface area contributed by atoms with Crippen molar-refractivity contribution in [1.82, 2.24) is 5.32 Å². The first kappa shape index (κ1) is 17.8. The molecule has 0 saturated heterocycles. The Kier molecular flexibility index (Phi) is 5.84. The maximum Gasteiger partial charge on any atom is 0.267 e. The van der Waals surface area contributed by atoms with Gasteiger partial charge in [0.1, 0.15) is 18.2 Å². The van der Waals surface area contributed by atoms with E-state index >= 15 is 0 Å². The van der Waals surface area contributed by atoms with E-state index in [1.54, 1.807) is 19.1 Å². The van der Waals surface area contributed by atoms with Gasteiger partial charge in [-0.15, -0.1) is 0 Å². The summed E-state index contributed by atoms with van der Waals surface area (Å²) in [4.78, 5) is 11.5. The van der Waals surface area contributed by atoms with Gasteiger partial charge in [-0.1, -0.05) is 23.8 Å². The fourth-order valence-electron chi connectivity index (χ4n) is 2.31. The van der Waals surface area contributed by atoms with Crippen LogP contribution in [0.3, 0.4) is 0 Å². The Bertz CT molecular complexity index is 732. The number of hydrogen-bond acceptors (Lipinski definition) is 2. The molecule has 0 atom stereocenters. The summed E-state index contributed by atoms with van der Waals surface area (Å²) in [5.74, 6) is -0.808. The third-order valence-electron chi connectivity index (χ3n) is 3.62. The molecule has 24 heavy (non-hydrogen) atoms. The van der Waals surface area contributed by atoms with E-state index in [0.717, 1.165) is 0 Å². The smallest absolute Gasteiger partial charge is 0.267 e. The first-order chi connectivity index (χ1) is 11.4. The van der Waals surface area contributed by atoms with Crippen LogP contribution in [0.4, 0.5) is 13.2 Å². The summed E-state index contributed by atoms with van der Waals surface area (Å²) in [7, 11) is 1.49. The molecule has 2 aromatic rings. The highest BCUT2D eigenvalue weighted by molar-refractivity contribution is 5.78. The number of likely N-dealkylation sites (N-methyl/N-ethyl adjacent to an activating group) is 1. The van der Waals surface area contributed by atoms with E-state index in [0.29, 0.717) is 11.1 Å². The molecule has 0 spiro atoms. The van der Waals surface area contributed by atoms with Crippen molar-refractivity contribution in [2.45, 2.75) is 26.4 Å². The van der Waals surface area contributed by atoms with Gasteiger partial charge < -0.3 is 10.1 Å². The van der Waals surface area contributed by atoms with Gasteiger partial charge in [0.05, 0.1) is 12.0 Å². The molecular weight excluding hydrogens is 319 g/mol. The van der Waals surface area contributed by atoms with Crippen molar-refractivity contribution in [1.29, 1.82) is 0 Å². The van der Waals surface area contributed by atoms with E-state index in [2.05, 4.69) is 5.32 Å². The van der Waals surface area contributed by atoms with Crippen LogP contribution in [0.25, 0.3) is 0 Å². The second kappa shape index (κ2) is 7.86. The van der Waals surface area contributed by atoms with Crippen LogP contribution >= 0.6 is 0 Å². The SMILES string of the molecule is CNC(=O)Cc1cccc(F)c1COc1ccc(C)cc1C(F)F. The standard InChI is InChI=1S/C18H18F3NO2/c1-11-6-7-16(13(8-11)18(20)21)24-10-14-12(9-17(23)22-2)4-3-5-15(14)19/h3-8,18H,9-10H2,1-2H3,(H,22,23). The molecule has 0 aliphatic heterocycles. The predicted octanol–water partition coefficient (Wildman–Crippen LogP) is 3.94. The van der Waals surface area contributed by atoms with Crippen LogP contribution in [-0.2, 0) is 17.8 Å². The first-order valence-electron chi connectivity index (χ1n) is 7.40. The number of rotatable bonds is 6. The van der Waals surface area contributed by atoms with Gasteiger partial charge in [0.15, 0.2) is 0 Å². The zero-order valence-electron chi connectivity index (χ0n) is 13.4. The number of carbonyl (C=O) groups is 1. The topological polar surface area (TPSA) is 38.3 Å². The number of aryl methyl sites for hydroxylation is 1. The summed E-state index contributed by atoms with van der Waals surface area (Å²) in [6.45, 7) is 1.47. The van der Waals surface area contributed by atoms with Gasteiger partial charge in [-0.25, -0.2) is 13.2 Å². The average molecular weight is 337 g/mol. The molecular formula is C18H18F3NO2. The molecule has 0 unspecified atom stereocenters. The van der Waals surface area contributed by atoms with Crippen LogP contribution < -0.4 is 10.1 Å². The quantitative estimate of drug-likeness (QED) is 0.867. The zero-order valence-corrected chi connectivity index (χ0v) is 13.4. The molecule has 2 aromatic carbocycles. The fourth-order valence-corrected chi connectivity index (χ4v) is 2.31. The second-order valence-electron chi connectivity index (χ2n) is 5.36. The summed E-state index contributed by atoms with van der Waals surface area (Å²) in [5.41, 5.74) is 1.09. The number of hydrogen-bond donors (Lipinski definition) is 1. The van der Waals surface area contributed by atoms with Crippen molar-refractivity contribution in [2.24, 2.45) is 0 Å². The Morgan fingerprint density at radius 2 is 2.00 bits per heavy atom. The van der Waals surface area contributed by atoms with Crippen molar-refractivity contribution < 1.29 is 22.7 Å². The van der Waals surface area contributed by atoms with Gasteiger partial charge in [-0.05, 0) is 30.7 Å². The van der Waals surface area contributed by atoms with E-state index in [4.69, 9.17) is 4.74 Å². The van der Waals surface area contributed by atoms with Gasteiger partial charge >= 0.3 is 0 Å². The lowest BCUT2D eigenvalue weighted by atomic mass is 10.0. The van der Waals surface area contributed by atoms with Gasteiger partial charge in [0.25, 0.3) is 6.43 Å². The normalized spacial score (nSPS) is 10.8. The molecule has 6 heteroatoms. The summed E-state index contributed by atoms with van der Waals surface area (Å²) in [5, 5.41) is 2.46. The Morgan fingerprint density at radius 1 is 1.25 bits per heavy atom. The van der Waals surface area contributed by atoms with E-state index < -0.39 is 12.2 Å². The maximum absolute atomic E-state index is 14.1. The molecule has 0 bridgehead atoms. The highest BCUT2D eigenvalue weighted by atomic mass is 19.3. The highest BCUT2D eigenvalue weighted by Crippen LogP contribution is 2.31. The van der Waals surface area contributed by atoms with E-state index in [9.17, 15) is 18.0 Å². The average Bonchev–Trinajstić information content (AvgIpc) is 2.55. The Morgan fingerprint density at radius 3 is 2.67 bits per heavy atom. The van der Waals surface area contributed by atoms with Crippen LogP contribution in [-0.4, -0.2) is 13.0 Å². The summed E-state index contributed by atoms with van der Waals surface area (Å²) in [6, 6.07) is 8.78. The van der Waals surface area contributed by atoms with E-state index in [-0.39, 0.29) is 35.8 Å². The van der Waals surface area contributed by atoms with Crippen molar-refractivity contribution in [3.05, 3.63) is 64.5 Å². The number of alkyl halides is 2. The van der Waals surface area contributed by atoms with Crippen molar-refractivity contribution in [3.63, 3.8) is 0 Å². The Balaban J connectivity index is 2.25. The molecule has 0 fully saturated rings. The van der Waals surface area contributed by atoms with E-state index in [1.807, 2.05) is 0 Å². The van der Waals surface area contributed by atoms with Crippen LogP contribution in [0.2, 0.25) is 0 Å². The number of halogens is 3. The van der Waals surface area contributed by atoms with Gasteiger partial charge in [-0.3, -0.25) is 4.79 Å². The van der Waals surface area contributed by atoms with Crippen molar-refractivity contribution >= 4 is 5.91 Å². The first-order valence-corrected chi connectivity index (χ1v) is 7.40. The molecule has 0 radical (unpaired) electrons. The number of amides is 1. The molecule has 1 amide bonds. The van der Waals surface area contributed by atoms with Gasteiger partial charge in [-0.2, -0.15) is 0 Å². The molecule has 3 nitrogen and oxygen atoms in total. The van der Waals surface area contributed by atoms with Gasteiger partial charge in [0.2, 0.25) is 5.91 Å². The monoisotopic (exact) mass is 337 g/mol. The van der Waals surface area contributed by atoms with E-state index in [1.165, 1.54) is 31.3 Å². The minimum absolute atomic E-state index is 0.00439. The number of benzene rings is 2. The molecule has 0 aliphatic rings. The number of carbonyl (C=O) groups excluding carboxylic acids is 1. The lowest BCUT2D eigenvalue weighted by molar-refractivity contribution is -0.119. The maximum atomic E-state index is 14.1. The summed E-state index contributed by atoms with van der Waals surface area (Å²) in [6.07, 6.45) is -2.70. The van der Waals surface area contributed by atoms with Crippen LogP contribution in [0, 0.1) is 12.7 Å². The largest absolute Gasteiger partial charge is 0.488 e. The lowest BCUT2D eigenvalue weighted by Crippen LogP contribution is -2.21. The molecule has 2 rings (SSSR count). The van der Waals surface area contributed by atoms with Gasteiger partial charge in [0, 0.05) is 12.6 Å².